The average molecular weight is 344 g/mol. The molecule has 2 aliphatic rings. The third-order valence-electron chi connectivity index (χ3n) is 4.36. The molecular formula is C16H16N4O5. The summed E-state index contributed by atoms with van der Waals surface area (Å²) in [5.41, 5.74) is 2.02. The Morgan fingerprint density at radius 3 is 2.88 bits per heavy atom. The van der Waals surface area contributed by atoms with Gasteiger partial charge in [-0.25, -0.2) is 9.59 Å². The number of carbonyl (C=O) groups is 2. The van der Waals surface area contributed by atoms with Crippen molar-refractivity contribution in [3.8, 4) is 11.5 Å². The van der Waals surface area contributed by atoms with Crippen molar-refractivity contribution in [2.45, 2.75) is 13.0 Å². The highest BCUT2D eigenvalue weighted by molar-refractivity contribution is 5.91. The Hall–Kier alpha value is -3.23. The van der Waals surface area contributed by atoms with Gasteiger partial charge in [0, 0.05) is 43.0 Å². The quantitative estimate of drug-likeness (QED) is 0.854. The first kappa shape index (κ1) is 15.3. The molecule has 0 saturated heterocycles. The summed E-state index contributed by atoms with van der Waals surface area (Å²) < 4.78 is 12.1. The van der Waals surface area contributed by atoms with Gasteiger partial charge in [-0.1, -0.05) is 0 Å². The molecule has 2 amide bonds. The largest absolute Gasteiger partial charge is 0.476 e. The first-order chi connectivity index (χ1) is 12.0. The van der Waals surface area contributed by atoms with Crippen LogP contribution in [0.1, 0.15) is 21.7 Å². The van der Waals surface area contributed by atoms with Crippen LogP contribution in [0, 0.1) is 0 Å². The van der Waals surface area contributed by atoms with E-state index in [4.69, 9.17) is 9.47 Å². The summed E-state index contributed by atoms with van der Waals surface area (Å²) in [5.74, 6) is 0.135. The maximum atomic E-state index is 12.5. The summed E-state index contributed by atoms with van der Waals surface area (Å²) >= 11 is 0. The molecule has 0 fully saturated rings. The van der Waals surface area contributed by atoms with Gasteiger partial charge < -0.3 is 24.8 Å². The Kier molecular flexibility index (Phi) is 3.48. The number of aryl methyl sites for hydroxylation is 1. The second-order valence-electron chi connectivity index (χ2n) is 5.87. The molecule has 0 atom stereocenters. The van der Waals surface area contributed by atoms with Gasteiger partial charge in [-0.2, -0.15) is 5.10 Å². The van der Waals surface area contributed by atoms with E-state index in [1.54, 1.807) is 34.8 Å². The van der Waals surface area contributed by atoms with Crippen LogP contribution in [0.3, 0.4) is 0 Å². The number of anilines is 1. The Morgan fingerprint density at radius 1 is 1.28 bits per heavy atom. The molecule has 2 aromatic rings. The molecule has 0 spiro atoms. The number of ether oxygens (including phenoxy) is 2. The number of fused-ring (bicyclic) bond motifs is 2. The predicted molar refractivity (Wildman–Crippen MR) is 85.9 cm³/mol. The molecule has 0 radical (unpaired) electrons. The van der Waals surface area contributed by atoms with Crippen LogP contribution >= 0.6 is 0 Å². The number of nitrogens with one attached hydrogen (secondary N) is 1. The third-order valence-corrected chi connectivity index (χ3v) is 4.36. The molecule has 4 rings (SSSR count). The minimum atomic E-state index is -1.09. The van der Waals surface area contributed by atoms with Crippen LogP contribution in [0.5, 0.6) is 11.5 Å². The van der Waals surface area contributed by atoms with Gasteiger partial charge >= 0.3 is 12.0 Å². The molecule has 25 heavy (non-hydrogen) atoms. The number of rotatable bonds is 2. The number of amides is 2. The Morgan fingerprint density at radius 2 is 2.08 bits per heavy atom. The topological polar surface area (TPSA) is 106 Å². The zero-order valence-electron chi connectivity index (χ0n) is 13.5. The lowest BCUT2D eigenvalue weighted by Gasteiger charge is -2.27. The van der Waals surface area contributed by atoms with E-state index in [2.05, 4.69) is 10.4 Å². The first-order valence-corrected chi connectivity index (χ1v) is 7.76. The van der Waals surface area contributed by atoms with Gasteiger partial charge in [0.15, 0.2) is 17.2 Å². The molecule has 1 aromatic carbocycles. The van der Waals surface area contributed by atoms with E-state index in [0.717, 1.165) is 5.69 Å². The molecule has 9 nitrogen and oxygen atoms in total. The Balaban J connectivity index is 1.51. The van der Waals surface area contributed by atoms with Crippen molar-refractivity contribution >= 4 is 17.7 Å². The molecule has 3 heterocycles. The van der Waals surface area contributed by atoms with Gasteiger partial charge in [-0.05, 0) is 12.1 Å². The fraction of sp³-hybridized carbons (Fsp3) is 0.312. The van der Waals surface area contributed by atoms with E-state index in [0.29, 0.717) is 35.7 Å². The maximum Gasteiger partial charge on any atom is 0.356 e. The molecule has 0 aliphatic carbocycles. The lowest BCUT2D eigenvalue weighted by molar-refractivity contribution is 0.0687. The number of hydrogen-bond donors (Lipinski definition) is 2. The number of nitrogens with zero attached hydrogens (tertiary/aromatic N) is 3. The molecular weight excluding hydrogens is 328 g/mol. The summed E-state index contributed by atoms with van der Waals surface area (Å²) in [7, 11) is 1.72. The normalized spacial score (nSPS) is 15.0. The smallest absolute Gasteiger partial charge is 0.356 e. The number of carboxylic acid groups (broad SMARTS) is 1. The van der Waals surface area contributed by atoms with Crippen LogP contribution in [0.4, 0.5) is 10.5 Å². The second kappa shape index (κ2) is 5.69. The number of hydrogen-bond acceptors (Lipinski definition) is 5. The molecule has 0 unspecified atom stereocenters. The van der Waals surface area contributed by atoms with Crippen molar-refractivity contribution in [1.82, 2.24) is 14.7 Å². The van der Waals surface area contributed by atoms with E-state index >= 15 is 0 Å². The molecule has 9 heteroatoms. The standard InChI is InChI=1S/C16H16N4O5/c1-19-11-4-5-20(7-10(11)14(18-19)15(21)22)16(23)17-9-2-3-12-13(6-9)25-8-24-12/h2-3,6H,4-5,7-8H2,1H3,(H,17,23)(H,21,22). The van der Waals surface area contributed by atoms with Crippen molar-refractivity contribution < 1.29 is 24.2 Å². The highest BCUT2D eigenvalue weighted by atomic mass is 16.7. The van der Waals surface area contributed by atoms with E-state index in [1.165, 1.54) is 0 Å². The molecule has 0 saturated carbocycles. The number of aromatic carboxylic acids is 1. The van der Waals surface area contributed by atoms with Gasteiger partial charge in [-0.15, -0.1) is 0 Å². The molecule has 2 aliphatic heterocycles. The van der Waals surface area contributed by atoms with Crippen molar-refractivity contribution in [1.29, 1.82) is 0 Å². The molecule has 130 valence electrons. The summed E-state index contributed by atoms with van der Waals surface area (Å²) in [6, 6.07) is 4.86. The SMILES string of the molecule is Cn1nc(C(=O)O)c2c1CCN(C(=O)Nc1ccc3c(c1)OCO3)C2. The fourth-order valence-corrected chi connectivity index (χ4v) is 3.11. The monoisotopic (exact) mass is 344 g/mol. The highest BCUT2D eigenvalue weighted by Gasteiger charge is 2.29. The number of carboxylic acids is 1. The zero-order valence-corrected chi connectivity index (χ0v) is 13.5. The average Bonchev–Trinajstić information content (AvgIpc) is 3.18. The maximum absolute atomic E-state index is 12.5. The number of benzene rings is 1. The van der Waals surface area contributed by atoms with E-state index < -0.39 is 5.97 Å². The van der Waals surface area contributed by atoms with Crippen molar-refractivity contribution in [2.75, 3.05) is 18.7 Å². The van der Waals surface area contributed by atoms with Gasteiger partial charge in [0.1, 0.15) is 0 Å². The third kappa shape index (κ3) is 2.63. The summed E-state index contributed by atoms with van der Waals surface area (Å²) in [5, 5.41) is 16.1. The molecule has 2 N–H and O–H groups in total. The number of aromatic nitrogens is 2. The van der Waals surface area contributed by atoms with E-state index in [-0.39, 0.29) is 25.1 Å². The predicted octanol–water partition coefficient (Wildman–Crippen LogP) is 1.44. The fourth-order valence-electron chi connectivity index (χ4n) is 3.11. The van der Waals surface area contributed by atoms with Crippen molar-refractivity contribution in [3.63, 3.8) is 0 Å². The molecule has 0 bridgehead atoms. The van der Waals surface area contributed by atoms with Crippen molar-refractivity contribution in [2.24, 2.45) is 7.05 Å². The van der Waals surface area contributed by atoms with Gasteiger partial charge in [-0.3, -0.25) is 4.68 Å². The van der Waals surface area contributed by atoms with Crippen molar-refractivity contribution in [3.05, 3.63) is 35.2 Å². The van der Waals surface area contributed by atoms with Crippen LogP contribution in [-0.2, 0) is 20.0 Å². The van der Waals surface area contributed by atoms with Gasteiger partial charge in [0.05, 0.1) is 6.54 Å². The van der Waals surface area contributed by atoms with Crippen LogP contribution in [0.15, 0.2) is 18.2 Å². The van der Waals surface area contributed by atoms with E-state index in [1.807, 2.05) is 0 Å². The van der Waals surface area contributed by atoms with Crippen LogP contribution in [0.25, 0.3) is 0 Å². The summed E-state index contributed by atoms with van der Waals surface area (Å²) in [4.78, 5) is 25.4. The van der Waals surface area contributed by atoms with Gasteiger partial charge in [0.25, 0.3) is 0 Å². The number of carbonyl (C=O) groups excluding carboxylic acids is 1. The summed E-state index contributed by atoms with van der Waals surface area (Å²) in [6.07, 6.45) is 0.556. The second-order valence-corrected chi connectivity index (χ2v) is 5.87. The molecule has 1 aromatic heterocycles. The Labute approximate surface area is 142 Å². The first-order valence-electron chi connectivity index (χ1n) is 7.76. The van der Waals surface area contributed by atoms with Crippen LogP contribution in [0.2, 0.25) is 0 Å². The lowest BCUT2D eigenvalue weighted by Crippen LogP contribution is -2.39. The van der Waals surface area contributed by atoms with E-state index in [9.17, 15) is 14.7 Å². The minimum Gasteiger partial charge on any atom is -0.476 e. The lowest BCUT2D eigenvalue weighted by atomic mass is 10.1. The zero-order chi connectivity index (χ0) is 17.6. The van der Waals surface area contributed by atoms with Gasteiger partial charge in [0.2, 0.25) is 6.79 Å². The summed E-state index contributed by atoms with van der Waals surface area (Å²) in [6.45, 7) is 0.865. The van der Waals surface area contributed by atoms with Crippen LogP contribution < -0.4 is 14.8 Å². The highest BCUT2D eigenvalue weighted by Crippen LogP contribution is 2.34. The minimum absolute atomic E-state index is 0.00178. The Bertz CT molecular complexity index is 876. The number of urea groups is 1. The van der Waals surface area contributed by atoms with Crippen LogP contribution in [-0.4, -0.2) is 45.1 Å².